The van der Waals surface area contributed by atoms with E-state index < -0.39 is 0 Å². The molecule has 3 rings (SSSR count). The Morgan fingerprint density at radius 3 is 2.94 bits per heavy atom. The van der Waals surface area contributed by atoms with E-state index in [-0.39, 0.29) is 0 Å². The van der Waals surface area contributed by atoms with Gasteiger partial charge < -0.3 is 4.52 Å². The van der Waals surface area contributed by atoms with Crippen molar-refractivity contribution in [1.82, 2.24) is 34.6 Å². The predicted molar refractivity (Wildman–Crippen MR) is 60.3 cm³/mol. The van der Waals surface area contributed by atoms with Crippen LogP contribution in [0.5, 0.6) is 0 Å². The van der Waals surface area contributed by atoms with Gasteiger partial charge in [0.05, 0.1) is 13.1 Å². The second-order valence-electron chi connectivity index (χ2n) is 3.91. The van der Waals surface area contributed by atoms with Gasteiger partial charge in [-0.2, -0.15) is 9.97 Å². The fraction of sp³-hybridized carbons (Fsp3) is 0.300. The normalized spacial score (nSPS) is 11.4. The van der Waals surface area contributed by atoms with Crippen molar-refractivity contribution < 1.29 is 4.52 Å². The first kappa shape index (κ1) is 10.8. The van der Waals surface area contributed by atoms with Crippen LogP contribution in [0.4, 0.5) is 0 Å². The minimum absolute atomic E-state index is 0.583. The summed E-state index contributed by atoms with van der Waals surface area (Å²) in [5.74, 6) is 1.94. The summed E-state index contributed by atoms with van der Waals surface area (Å²) in [7, 11) is 1.94. The van der Waals surface area contributed by atoms with Crippen LogP contribution in [0.1, 0.15) is 11.6 Å². The van der Waals surface area contributed by atoms with E-state index in [1.807, 2.05) is 24.2 Å². The molecular formula is C10H11N7O. The lowest BCUT2D eigenvalue weighted by Crippen LogP contribution is -2.18. The van der Waals surface area contributed by atoms with Gasteiger partial charge >= 0.3 is 0 Å². The maximum Gasteiger partial charge on any atom is 0.252 e. The first-order chi connectivity index (χ1) is 8.81. The second-order valence-corrected chi connectivity index (χ2v) is 3.91. The molecule has 0 amide bonds. The van der Waals surface area contributed by atoms with Crippen molar-refractivity contribution in [3.63, 3.8) is 0 Å². The zero-order chi connectivity index (χ0) is 12.4. The largest absolute Gasteiger partial charge is 0.343 e. The molecule has 92 valence electrons. The van der Waals surface area contributed by atoms with Gasteiger partial charge in [-0.1, -0.05) is 5.16 Å². The third-order valence-electron chi connectivity index (χ3n) is 2.39. The second kappa shape index (κ2) is 4.49. The predicted octanol–water partition coefficient (Wildman–Crippen LogP) is 0.139. The van der Waals surface area contributed by atoms with Crippen molar-refractivity contribution in [2.24, 2.45) is 0 Å². The molecule has 3 heterocycles. The molecule has 3 aromatic heterocycles. The molecule has 0 atom stereocenters. The Labute approximate surface area is 102 Å². The molecule has 0 aromatic carbocycles. The van der Waals surface area contributed by atoms with Gasteiger partial charge in [-0.05, 0) is 13.1 Å². The van der Waals surface area contributed by atoms with E-state index >= 15 is 0 Å². The van der Waals surface area contributed by atoms with Crippen LogP contribution in [0.25, 0.3) is 5.78 Å². The summed E-state index contributed by atoms with van der Waals surface area (Å²) in [6.07, 6.45) is 4.82. The molecule has 0 radical (unpaired) electrons. The Bertz CT molecular complexity index is 600. The molecule has 8 heteroatoms. The Balaban J connectivity index is 1.71. The van der Waals surface area contributed by atoms with Crippen molar-refractivity contribution >= 4 is 5.78 Å². The van der Waals surface area contributed by atoms with E-state index in [4.69, 9.17) is 0 Å². The average Bonchev–Trinajstić information content (AvgIpc) is 2.96. The van der Waals surface area contributed by atoms with Crippen molar-refractivity contribution in [1.29, 1.82) is 0 Å². The number of hydrogen-bond donors (Lipinski definition) is 0. The minimum Gasteiger partial charge on any atom is -0.343 e. The van der Waals surface area contributed by atoms with Gasteiger partial charge in [-0.3, -0.25) is 4.90 Å². The molecule has 0 unspecified atom stereocenters. The maximum absolute atomic E-state index is 4.68. The van der Waals surface area contributed by atoms with Crippen LogP contribution >= 0.6 is 0 Å². The van der Waals surface area contributed by atoms with E-state index in [0.29, 0.717) is 30.5 Å². The Morgan fingerprint density at radius 1 is 1.28 bits per heavy atom. The highest BCUT2D eigenvalue weighted by Crippen LogP contribution is 2.03. The molecular weight excluding hydrogens is 234 g/mol. The molecule has 0 fully saturated rings. The summed E-state index contributed by atoms with van der Waals surface area (Å²) in [6.45, 7) is 1.18. The number of hydrogen-bond acceptors (Lipinski definition) is 7. The standard InChI is InChI=1S/C10H11N7O/c1-16(5-8-12-7-18-15-8)6-9-13-10-11-3-2-4-17(10)14-9/h2-4,7H,5-6H2,1H3. The third-order valence-corrected chi connectivity index (χ3v) is 2.39. The van der Waals surface area contributed by atoms with Gasteiger partial charge in [-0.15, -0.1) is 5.10 Å². The summed E-state index contributed by atoms with van der Waals surface area (Å²) in [5.41, 5.74) is 0. The molecule has 3 aromatic rings. The van der Waals surface area contributed by atoms with E-state index in [9.17, 15) is 0 Å². The summed E-state index contributed by atoms with van der Waals surface area (Å²) in [6, 6.07) is 1.81. The molecule has 0 aliphatic heterocycles. The van der Waals surface area contributed by atoms with Gasteiger partial charge in [-0.25, -0.2) is 9.50 Å². The van der Waals surface area contributed by atoms with E-state index in [1.165, 1.54) is 6.39 Å². The summed E-state index contributed by atoms with van der Waals surface area (Å²) in [5, 5.41) is 8.07. The van der Waals surface area contributed by atoms with Gasteiger partial charge in [0.25, 0.3) is 5.78 Å². The van der Waals surface area contributed by atoms with Crippen LogP contribution in [0.3, 0.4) is 0 Å². The van der Waals surface area contributed by atoms with Crippen LogP contribution in [0.15, 0.2) is 29.4 Å². The molecule has 0 N–H and O–H groups in total. The first-order valence-electron chi connectivity index (χ1n) is 5.41. The van der Waals surface area contributed by atoms with Gasteiger partial charge in [0.15, 0.2) is 11.6 Å². The number of nitrogens with zero attached hydrogens (tertiary/aromatic N) is 7. The molecule has 0 saturated heterocycles. The van der Waals surface area contributed by atoms with Crippen molar-refractivity contribution in [2.45, 2.75) is 13.1 Å². The van der Waals surface area contributed by atoms with E-state index in [1.54, 1.807) is 10.7 Å². The molecule has 0 saturated carbocycles. The smallest absolute Gasteiger partial charge is 0.252 e. The van der Waals surface area contributed by atoms with Crippen LogP contribution in [-0.4, -0.2) is 41.7 Å². The lowest BCUT2D eigenvalue weighted by molar-refractivity contribution is 0.294. The van der Waals surface area contributed by atoms with Crippen molar-refractivity contribution in [3.8, 4) is 0 Å². The van der Waals surface area contributed by atoms with Crippen molar-refractivity contribution in [2.75, 3.05) is 7.05 Å². The lowest BCUT2D eigenvalue weighted by Gasteiger charge is -2.10. The van der Waals surface area contributed by atoms with Crippen LogP contribution < -0.4 is 0 Å². The monoisotopic (exact) mass is 245 g/mol. The molecule has 18 heavy (non-hydrogen) atoms. The number of aromatic nitrogens is 6. The lowest BCUT2D eigenvalue weighted by atomic mass is 10.5. The quantitative estimate of drug-likeness (QED) is 0.646. The van der Waals surface area contributed by atoms with Crippen molar-refractivity contribution in [3.05, 3.63) is 36.5 Å². The Hall–Kier alpha value is -2.35. The molecule has 0 aliphatic carbocycles. The van der Waals surface area contributed by atoms with Crippen LogP contribution in [0.2, 0.25) is 0 Å². The highest BCUT2D eigenvalue weighted by Gasteiger charge is 2.09. The Kier molecular flexibility index (Phi) is 2.69. The zero-order valence-electron chi connectivity index (χ0n) is 9.76. The molecule has 8 nitrogen and oxygen atoms in total. The van der Waals surface area contributed by atoms with Gasteiger partial charge in [0.1, 0.15) is 0 Å². The highest BCUT2D eigenvalue weighted by molar-refractivity contribution is 5.24. The summed E-state index contributed by atoms with van der Waals surface area (Å²) in [4.78, 5) is 14.4. The fourth-order valence-corrected chi connectivity index (χ4v) is 1.64. The third kappa shape index (κ3) is 2.18. The minimum atomic E-state index is 0.583. The number of rotatable bonds is 4. The van der Waals surface area contributed by atoms with Crippen LogP contribution in [-0.2, 0) is 13.1 Å². The molecule has 0 bridgehead atoms. The fourth-order valence-electron chi connectivity index (χ4n) is 1.64. The SMILES string of the molecule is CN(Cc1ncon1)Cc1nc2ncccn2n1. The van der Waals surface area contributed by atoms with E-state index in [2.05, 4.69) is 29.7 Å². The van der Waals surface area contributed by atoms with Gasteiger partial charge in [0.2, 0.25) is 6.39 Å². The topological polar surface area (TPSA) is 85.2 Å². The zero-order valence-corrected chi connectivity index (χ0v) is 9.76. The number of fused-ring (bicyclic) bond motifs is 1. The van der Waals surface area contributed by atoms with E-state index in [0.717, 1.165) is 0 Å². The first-order valence-corrected chi connectivity index (χ1v) is 5.41. The van der Waals surface area contributed by atoms with Crippen LogP contribution in [0, 0.1) is 0 Å². The maximum atomic E-state index is 4.68. The summed E-state index contributed by atoms with van der Waals surface area (Å²) >= 11 is 0. The summed E-state index contributed by atoms with van der Waals surface area (Å²) < 4.78 is 6.33. The van der Waals surface area contributed by atoms with Gasteiger partial charge in [0, 0.05) is 12.4 Å². The average molecular weight is 245 g/mol. The molecule has 0 aliphatic rings. The Morgan fingerprint density at radius 2 is 2.17 bits per heavy atom. The molecule has 0 spiro atoms. The highest BCUT2D eigenvalue weighted by atomic mass is 16.5.